The molecule has 0 aliphatic carbocycles. The summed E-state index contributed by atoms with van der Waals surface area (Å²) in [6.07, 6.45) is 0.375. The van der Waals surface area contributed by atoms with Crippen LogP contribution in [0.4, 0.5) is 5.69 Å². The van der Waals surface area contributed by atoms with Gasteiger partial charge < -0.3 is 14.7 Å². The third-order valence-electron chi connectivity index (χ3n) is 3.76. The molecule has 1 saturated heterocycles. The summed E-state index contributed by atoms with van der Waals surface area (Å²) in [4.78, 5) is 35.4. The molecule has 1 aromatic heterocycles. The summed E-state index contributed by atoms with van der Waals surface area (Å²) in [6, 6.07) is 7.47. The molecule has 1 N–H and O–H groups in total. The molecule has 1 aliphatic heterocycles. The Bertz CT molecular complexity index is 833. The number of hydrogen-bond acceptors (Lipinski definition) is 6. The fourth-order valence-corrected chi connectivity index (χ4v) is 2.53. The van der Waals surface area contributed by atoms with Gasteiger partial charge in [0, 0.05) is 18.8 Å². The molecule has 1 aromatic carbocycles. The first-order valence-corrected chi connectivity index (χ1v) is 7.40. The van der Waals surface area contributed by atoms with Crippen LogP contribution in [0, 0.1) is 10.1 Å². The monoisotopic (exact) mass is 346 g/mol. The first-order chi connectivity index (χ1) is 12.0. The highest BCUT2D eigenvalue weighted by Crippen LogP contribution is 2.22. The minimum Gasteiger partial charge on any atom is -0.479 e. The van der Waals surface area contributed by atoms with Crippen LogP contribution in [0.15, 0.2) is 36.5 Å². The van der Waals surface area contributed by atoms with Crippen LogP contribution in [0.2, 0.25) is 0 Å². The number of aromatic nitrogens is 2. The lowest BCUT2D eigenvalue weighted by molar-refractivity contribution is -0.384. The number of carbonyl (C=O) groups is 2. The molecule has 0 spiro atoms. The molecule has 1 unspecified atom stereocenters. The number of morpholine rings is 1. The second kappa shape index (κ2) is 6.69. The van der Waals surface area contributed by atoms with Crippen LogP contribution in [-0.4, -0.2) is 62.4 Å². The topological polar surface area (TPSA) is 128 Å². The first kappa shape index (κ1) is 16.6. The molecule has 1 atom stereocenters. The number of ether oxygens (including phenoxy) is 1. The van der Waals surface area contributed by atoms with E-state index in [1.165, 1.54) is 40.0 Å². The molecular weight excluding hydrogens is 332 g/mol. The number of carbonyl (C=O) groups excluding carboxylic acids is 1. The van der Waals surface area contributed by atoms with Gasteiger partial charge in [0.25, 0.3) is 11.6 Å². The number of rotatable bonds is 4. The van der Waals surface area contributed by atoms with Crippen molar-refractivity contribution in [2.24, 2.45) is 0 Å². The second-order valence-electron chi connectivity index (χ2n) is 5.34. The predicted molar refractivity (Wildman–Crippen MR) is 83.5 cm³/mol. The van der Waals surface area contributed by atoms with Crippen molar-refractivity contribution < 1.29 is 24.4 Å². The minimum atomic E-state index is -1.14. The largest absolute Gasteiger partial charge is 0.479 e. The van der Waals surface area contributed by atoms with E-state index in [2.05, 4.69) is 5.10 Å². The average Bonchev–Trinajstić information content (AvgIpc) is 3.11. The summed E-state index contributed by atoms with van der Waals surface area (Å²) in [5.41, 5.74) is 0.169. The highest BCUT2D eigenvalue weighted by atomic mass is 16.6. The lowest BCUT2D eigenvalue weighted by atomic mass is 10.2. The van der Waals surface area contributed by atoms with Gasteiger partial charge in [0.15, 0.2) is 11.8 Å². The maximum absolute atomic E-state index is 12.5. The van der Waals surface area contributed by atoms with Gasteiger partial charge in [-0.2, -0.15) is 5.10 Å². The Morgan fingerprint density at radius 3 is 2.80 bits per heavy atom. The summed E-state index contributed by atoms with van der Waals surface area (Å²) in [6.45, 7) is 0.293. The SMILES string of the molecule is O=C(O)C1CN(C(=O)c2ccn(-c3ccccc3[N+](=O)[O-])n2)CCO1. The zero-order chi connectivity index (χ0) is 18.0. The number of hydrogen-bond donors (Lipinski definition) is 1. The van der Waals surface area contributed by atoms with Crippen molar-refractivity contribution in [1.82, 2.24) is 14.7 Å². The summed E-state index contributed by atoms with van der Waals surface area (Å²) in [5, 5.41) is 24.2. The number of aliphatic carboxylic acids is 1. The van der Waals surface area contributed by atoms with E-state index in [9.17, 15) is 19.7 Å². The molecule has 25 heavy (non-hydrogen) atoms. The third-order valence-corrected chi connectivity index (χ3v) is 3.76. The maximum atomic E-state index is 12.5. The Balaban J connectivity index is 1.83. The molecule has 0 radical (unpaired) electrons. The Kier molecular flexibility index (Phi) is 4.44. The van der Waals surface area contributed by atoms with Crippen molar-refractivity contribution >= 4 is 17.6 Å². The predicted octanol–water partition coefficient (Wildman–Crippen LogP) is 0.706. The highest BCUT2D eigenvalue weighted by Gasteiger charge is 2.30. The number of amides is 1. The molecule has 3 rings (SSSR count). The number of nitro benzene ring substituents is 1. The Morgan fingerprint density at radius 1 is 1.32 bits per heavy atom. The van der Waals surface area contributed by atoms with Crippen molar-refractivity contribution in [2.75, 3.05) is 19.7 Å². The van der Waals surface area contributed by atoms with E-state index in [0.717, 1.165) is 0 Å². The zero-order valence-electron chi connectivity index (χ0n) is 12.9. The van der Waals surface area contributed by atoms with E-state index in [1.807, 2.05) is 0 Å². The van der Waals surface area contributed by atoms with Gasteiger partial charge in [-0.1, -0.05) is 12.1 Å². The van der Waals surface area contributed by atoms with Crippen molar-refractivity contribution in [1.29, 1.82) is 0 Å². The van der Waals surface area contributed by atoms with E-state index >= 15 is 0 Å². The smallest absolute Gasteiger partial charge is 0.334 e. The number of carboxylic acids is 1. The van der Waals surface area contributed by atoms with Crippen molar-refractivity contribution in [3.63, 3.8) is 0 Å². The summed E-state index contributed by atoms with van der Waals surface area (Å²) < 4.78 is 6.33. The lowest BCUT2D eigenvalue weighted by Crippen LogP contribution is -2.48. The summed E-state index contributed by atoms with van der Waals surface area (Å²) >= 11 is 0. The Morgan fingerprint density at radius 2 is 2.08 bits per heavy atom. The van der Waals surface area contributed by atoms with Gasteiger partial charge in [0.05, 0.1) is 18.1 Å². The zero-order valence-corrected chi connectivity index (χ0v) is 12.9. The summed E-state index contributed by atoms with van der Waals surface area (Å²) in [7, 11) is 0. The van der Waals surface area contributed by atoms with Gasteiger partial charge in [-0.15, -0.1) is 0 Å². The molecule has 10 heteroatoms. The Hall–Kier alpha value is -3.27. The molecule has 130 valence electrons. The van der Waals surface area contributed by atoms with Crippen LogP contribution in [0.25, 0.3) is 5.69 Å². The van der Waals surface area contributed by atoms with Crippen molar-refractivity contribution in [2.45, 2.75) is 6.10 Å². The molecular formula is C15H14N4O6. The quantitative estimate of drug-likeness (QED) is 0.637. The number of nitrogens with zero attached hydrogens (tertiary/aromatic N) is 4. The van der Waals surface area contributed by atoms with Crippen LogP contribution in [0.5, 0.6) is 0 Å². The van der Waals surface area contributed by atoms with E-state index in [4.69, 9.17) is 9.84 Å². The number of carboxylic acid groups (broad SMARTS) is 1. The van der Waals surface area contributed by atoms with E-state index < -0.39 is 22.9 Å². The fourth-order valence-electron chi connectivity index (χ4n) is 2.53. The van der Waals surface area contributed by atoms with Crippen molar-refractivity contribution in [3.8, 4) is 5.69 Å². The lowest BCUT2D eigenvalue weighted by Gasteiger charge is -2.30. The third kappa shape index (κ3) is 3.33. The second-order valence-corrected chi connectivity index (χ2v) is 5.34. The molecule has 2 aromatic rings. The molecule has 0 bridgehead atoms. The van der Waals surface area contributed by atoms with Crippen LogP contribution in [0.3, 0.4) is 0 Å². The molecule has 10 nitrogen and oxygen atoms in total. The maximum Gasteiger partial charge on any atom is 0.334 e. The molecule has 1 fully saturated rings. The molecule has 1 aliphatic rings. The van der Waals surface area contributed by atoms with Crippen LogP contribution in [-0.2, 0) is 9.53 Å². The van der Waals surface area contributed by atoms with Crippen LogP contribution in [0.1, 0.15) is 10.5 Å². The normalized spacial score (nSPS) is 17.3. The van der Waals surface area contributed by atoms with Gasteiger partial charge in [-0.3, -0.25) is 14.9 Å². The van der Waals surface area contributed by atoms with E-state index in [0.29, 0.717) is 0 Å². The van der Waals surface area contributed by atoms with Crippen molar-refractivity contribution in [3.05, 3.63) is 52.3 Å². The van der Waals surface area contributed by atoms with Gasteiger partial charge >= 0.3 is 5.97 Å². The molecule has 1 amide bonds. The standard InChI is InChI=1S/C15H14N4O6/c20-14(17-7-8-25-13(9-17)15(21)22)10-5-6-18(16-10)11-3-1-2-4-12(11)19(23)24/h1-6,13H,7-9H2,(H,21,22). The highest BCUT2D eigenvalue weighted by molar-refractivity contribution is 5.92. The van der Waals surface area contributed by atoms with E-state index in [1.54, 1.807) is 6.07 Å². The minimum absolute atomic E-state index is 0.0733. The first-order valence-electron chi connectivity index (χ1n) is 7.40. The number of para-hydroxylation sites is 2. The van der Waals surface area contributed by atoms with Crippen LogP contribution >= 0.6 is 0 Å². The van der Waals surface area contributed by atoms with Gasteiger partial charge in [0.1, 0.15) is 5.69 Å². The van der Waals surface area contributed by atoms with Gasteiger partial charge in [-0.25, -0.2) is 9.48 Å². The fraction of sp³-hybridized carbons (Fsp3) is 0.267. The van der Waals surface area contributed by atoms with Crippen LogP contribution < -0.4 is 0 Å². The van der Waals surface area contributed by atoms with Gasteiger partial charge in [0.2, 0.25) is 0 Å². The number of nitro groups is 1. The van der Waals surface area contributed by atoms with E-state index in [-0.39, 0.29) is 36.8 Å². The molecule has 0 saturated carbocycles. The summed E-state index contributed by atoms with van der Waals surface area (Å²) in [5.74, 6) is -1.59. The van der Waals surface area contributed by atoms with Gasteiger partial charge in [-0.05, 0) is 12.1 Å². The average molecular weight is 346 g/mol. The number of benzene rings is 1. The Labute approximate surface area is 141 Å². The molecule has 2 heterocycles.